The molecule has 4 rings (SSSR count). The minimum atomic E-state index is -0.285. The molecule has 28 heavy (non-hydrogen) atoms. The molecule has 0 bridgehead atoms. The molecule has 0 radical (unpaired) electrons. The molecule has 152 valence electrons. The van der Waals surface area contributed by atoms with Crippen LogP contribution in [0.5, 0.6) is 0 Å². The maximum absolute atomic E-state index is 13.5. The average molecular weight is 388 g/mol. The van der Waals surface area contributed by atoms with Crippen LogP contribution in [0.1, 0.15) is 54.4 Å². The van der Waals surface area contributed by atoms with Gasteiger partial charge in [-0.3, -0.25) is 9.59 Å². The predicted octanol–water partition coefficient (Wildman–Crippen LogP) is 3.16. The number of piperidine rings is 2. The van der Waals surface area contributed by atoms with Crippen molar-refractivity contribution < 1.29 is 18.7 Å². The summed E-state index contributed by atoms with van der Waals surface area (Å²) in [5.41, 5.74) is 1.16. The van der Waals surface area contributed by atoms with Gasteiger partial charge < -0.3 is 14.5 Å². The van der Waals surface area contributed by atoms with Gasteiger partial charge in [0, 0.05) is 44.8 Å². The lowest BCUT2D eigenvalue weighted by Crippen LogP contribution is -2.53. The van der Waals surface area contributed by atoms with Crippen molar-refractivity contribution in [2.24, 2.45) is 5.41 Å². The third-order valence-electron chi connectivity index (χ3n) is 6.71. The van der Waals surface area contributed by atoms with E-state index in [1.807, 2.05) is 9.80 Å². The lowest BCUT2D eigenvalue weighted by molar-refractivity contribution is -0.141. The van der Waals surface area contributed by atoms with Crippen molar-refractivity contribution in [3.05, 3.63) is 35.1 Å². The Morgan fingerprint density at radius 1 is 1.29 bits per heavy atom. The van der Waals surface area contributed by atoms with E-state index in [2.05, 4.69) is 0 Å². The van der Waals surface area contributed by atoms with E-state index in [9.17, 15) is 14.0 Å². The van der Waals surface area contributed by atoms with Crippen LogP contribution in [0.2, 0.25) is 0 Å². The van der Waals surface area contributed by atoms with Crippen LogP contribution >= 0.6 is 0 Å². The Kier molecular flexibility index (Phi) is 5.41. The molecule has 3 heterocycles. The summed E-state index contributed by atoms with van der Waals surface area (Å²) < 4.78 is 19.2. The molecule has 1 aromatic carbocycles. The number of carbonyl (C=O) groups is 2. The van der Waals surface area contributed by atoms with E-state index in [0.29, 0.717) is 37.2 Å². The van der Waals surface area contributed by atoms with Crippen molar-refractivity contribution in [3.8, 4) is 0 Å². The van der Waals surface area contributed by atoms with Crippen LogP contribution in [0.4, 0.5) is 4.39 Å². The zero-order chi connectivity index (χ0) is 19.7. The number of nitrogens with zero attached hydrogens (tertiary/aromatic N) is 2. The monoisotopic (exact) mass is 388 g/mol. The highest BCUT2D eigenvalue weighted by molar-refractivity contribution is 5.94. The SMILES string of the molecule is Cc1cc(C(=O)N2CCC3(CCC(=O)N(C[C@@H]4CCCO4)C3)CC2)ccc1F. The second kappa shape index (κ2) is 7.82. The van der Waals surface area contributed by atoms with E-state index in [-0.39, 0.29) is 29.2 Å². The molecule has 0 aromatic heterocycles. The molecule has 3 saturated heterocycles. The maximum atomic E-state index is 13.5. The smallest absolute Gasteiger partial charge is 0.253 e. The molecular formula is C22H29FN2O3. The third kappa shape index (κ3) is 3.93. The number of halogens is 1. The van der Waals surface area contributed by atoms with E-state index in [4.69, 9.17) is 4.74 Å². The highest BCUT2D eigenvalue weighted by Crippen LogP contribution is 2.40. The van der Waals surface area contributed by atoms with Crippen LogP contribution in [0.15, 0.2) is 18.2 Å². The summed E-state index contributed by atoms with van der Waals surface area (Å²) >= 11 is 0. The van der Waals surface area contributed by atoms with Gasteiger partial charge in [0.1, 0.15) is 5.82 Å². The van der Waals surface area contributed by atoms with E-state index >= 15 is 0 Å². The number of aryl methyl sites for hydroxylation is 1. The number of amides is 2. The van der Waals surface area contributed by atoms with Gasteiger partial charge in [-0.15, -0.1) is 0 Å². The van der Waals surface area contributed by atoms with Gasteiger partial charge in [-0.25, -0.2) is 4.39 Å². The first kappa shape index (κ1) is 19.4. The van der Waals surface area contributed by atoms with E-state index in [0.717, 1.165) is 45.3 Å². The van der Waals surface area contributed by atoms with Crippen LogP contribution in [0.25, 0.3) is 0 Å². The summed E-state index contributed by atoms with van der Waals surface area (Å²) in [6.45, 7) is 5.35. The van der Waals surface area contributed by atoms with Crippen molar-refractivity contribution in [2.45, 2.75) is 51.6 Å². The highest BCUT2D eigenvalue weighted by Gasteiger charge is 2.42. The van der Waals surface area contributed by atoms with E-state index < -0.39 is 0 Å². The Labute approximate surface area is 165 Å². The van der Waals surface area contributed by atoms with Crippen LogP contribution in [-0.2, 0) is 9.53 Å². The Morgan fingerprint density at radius 3 is 2.75 bits per heavy atom. The Bertz CT molecular complexity index is 752. The van der Waals surface area contributed by atoms with Gasteiger partial charge in [0.15, 0.2) is 0 Å². The summed E-state index contributed by atoms with van der Waals surface area (Å²) in [6.07, 6.45) is 5.63. The van der Waals surface area contributed by atoms with Crippen molar-refractivity contribution in [1.29, 1.82) is 0 Å². The summed E-state index contributed by atoms with van der Waals surface area (Å²) in [7, 11) is 0. The minimum absolute atomic E-state index is 0.0268. The number of benzene rings is 1. The van der Waals surface area contributed by atoms with Gasteiger partial charge in [0.2, 0.25) is 5.91 Å². The van der Waals surface area contributed by atoms with Gasteiger partial charge in [0.25, 0.3) is 5.91 Å². The highest BCUT2D eigenvalue weighted by atomic mass is 19.1. The molecule has 2 amide bonds. The summed E-state index contributed by atoms with van der Waals surface area (Å²) in [6, 6.07) is 4.56. The summed E-state index contributed by atoms with van der Waals surface area (Å²) in [5, 5.41) is 0. The molecule has 1 aromatic rings. The largest absolute Gasteiger partial charge is 0.376 e. The molecule has 3 fully saturated rings. The maximum Gasteiger partial charge on any atom is 0.253 e. The molecule has 6 heteroatoms. The molecule has 0 unspecified atom stereocenters. The molecule has 0 saturated carbocycles. The topological polar surface area (TPSA) is 49.9 Å². The number of likely N-dealkylation sites (tertiary alicyclic amines) is 2. The molecule has 5 nitrogen and oxygen atoms in total. The molecule has 3 aliphatic heterocycles. The molecule has 1 spiro atoms. The zero-order valence-corrected chi connectivity index (χ0v) is 16.6. The van der Waals surface area contributed by atoms with Crippen molar-refractivity contribution >= 4 is 11.8 Å². The Balaban J connectivity index is 1.37. The Hall–Kier alpha value is -1.95. The number of ether oxygens (including phenoxy) is 1. The molecule has 0 N–H and O–H groups in total. The number of hydrogen-bond donors (Lipinski definition) is 0. The quantitative estimate of drug-likeness (QED) is 0.799. The number of rotatable bonds is 3. The first-order chi connectivity index (χ1) is 13.5. The van der Waals surface area contributed by atoms with Gasteiger partial charge in [0.05, 0.1) is 6.10 Å². The van der Waals surface area contributed by atoms with Crippen LogP contribution in [0, 0.1) is 18.2 Å². The van der Waals surface area contributed by atoms with Crippen LogP contribution in [-0.4, -0.2) is 60.5 Å². The second-order valence-corrected chi connectivity index (χ2v) is 8.67. The zero-order valence-electron chi connectivity index (χ0n) is 16.6. The van der Waals surface area contributed by atoms with Gasteiger partial charge in [-0.2, -0.15) is 0 Å². The van der Waals surface area contributed by atoms with Crippen molar-refractivity contribution in [2.75, 3.05) is 32.8 Å². The fourth-order valence-electron chi connectivity index (χ4n) is 4.86. The second-order valence-electron chi connectivity index (χ2n) is 8.67. The van der Waals surface area contributed by atoms with E-state index in [1.165, 1.54) is 6.07 Å². The minimum Gasteiger partial charge on any atom is -0.376 e. The first-order valence-corrected chi connectivity index (χ1v) is 10.4. The number of hydrogen-bond acceptors (Lipinski definition) is 3. The number of carbonyl (C=O) groups excluding carboxylic acids is 2. The van der Waals surface area contributed by atoms with Crippen LogP contribution in [0.3, 0.4) is 0 Å². The lowest BCUT2D eigenvalue weighted by atomic mass is 9.72. The molecule has 0 aliphatic carbocycles. The predicted molar refractivity (Wildman–Crippen MR) is 103 cm³/mol. The standard InChI is InChI=1S/C22H29FN2O3/c1-16-13-17(4-5-19(16)23)21(27)24-10-8-22(9-11-24)7-6-20(26)25(15-22)14-18-3-2-12-28-18/h4-5,13,18H,2-3,6-12,14-15H2,1H3/t18-/m0/s1. The fourth-order valence-corrected chi connectivity index (χ4v) is 4.86. The van der Waals surface area contributed by atoms with Gasteiger partial charge >= 0.3 is 0 Å². The molecule has 3 aliphatic rings. The molecular weight excluding hydrogens is 359 g/mol. The summed E-state index contributed by atoms with van der Waals surface area (Å²) in [5.74, 6) is -0.0742. The van der Waals surface area contributed by atoms with E-state index in [1.54, 1.807) is 19.1 Å². The van der Waals surface area contributed by atoms with Crippen molar-refractivity contribution in [3.63, 3.8) is 0 Å². The normalized spacial score (nSPS) is 24.8. The first-order valence-electron chi connectivity index (χ1n) is 10.4. The molecule has 1 atom stereocenters. The third-order valence-corrected chi connectivity index (χ3v) is 6.71. The average Bonchev–Trinajstić information content (AvgIpc) is 3.20. The lowest BCUT2D eigenvalue weighted by Gasteiger charge is -2.47. The Morgan fingerprint density at radius 2 is 2.07 bits per heavy atom. The van der Waals surface area contributed by atoms with Crippen molar-refractivity contribution in [1.82, 2.24) is 9.80 Å². The van der Waals surface area contributed by atoms with Crippen LogP contribution < -0.4 is 0 Å². The summed E-state index contributed by atoms with van der Waals surface area (Å²) in [4.78, 5) is 29.1. The van der Waals surface area contributed by atoms with Gasteiger partial charge in [-0.05, 0) is 68.2 Å². The fraction of sp³-hybridized carbons (Fsp3) is 0.636. The van der Waals surface area contributed by atoms with Gasteiger partial charge in [-0.1, -0.05) is 0 Å².